The molecule has 0 bridgehead atoms. The second-order valence-electron chi connectivity index (χ2n) is 12.8. The summed E-state index contributed by atoms with van der Waals surface area (Å²) in [5.41, 5.74) is 13.6. The van der Waals surface area contributed by atoms with E-state index in [9.17, 15) is 0 Å². The molecule has 1 aliphatic heterocycles. The van der Waals surface area contributed by atoms with Crippen LogP contribution in [0.3, 0.4) is 0 Å². The molecule has 3 aromatic carbocycles. The second-order valence-corrected chi connectivity index (χ2v) is 12.8. The van der Waals surface area contributed by atoms with Crippen molar-refractivity contribution in [3.63, 3.8) is 0 Å². The molecule has 0 N–H and O–H groups in total. The van der Waals surface area contributed by atoms with E-state index in [1.807, 2.05) is 0 Å². The number of hydrogen-bond acceptors (Lipinski definition) is 0. The molecular weight excluding hydrogens is 532 g/mol. The van der Waals surface area contributed by atoms with Gasteiger partial charge in [0.25, 0.3) is 0 Å². The molecule has 0 saturated heterocycles. The first kappa shape index (κ1) is 30.0. The lowest BCUT2D eigenvalue weighted by molar-refractivity contribution is -0.759. The van der Waals surface area contributed by atoms with E-state index < -0.39 is 0 Å². The minimum Gasteiger partial charge on any atom is -0.195 e. The third-order valence-corrected chi connectivity index (χ3v) is 10.4. The Kier molecular flexibility index (Phi) is 8.80. The van der Waals surface area contributed by atoms with E-state index in [1.54, 1.807) is 0 Å². The lowest BCUT2D eigenvalue weighted by Gasteiger charge is -2.29. The van der Waals surface area contributed by atoms with Gasteiger partial charge in [0.15, 0.2) is 24.0 Å². The highest BCUT2D eigenvalue weighted by atomic mass is 15.1. The Morgan fingerprint density at radius 1 is 0.705 bits per heavy atom. The number of unbranched alkanes of at least 4 members (excludes halogenated alkanes) is 1. The van der Waals surface area contributed by atoms with E-state index >= 15 is 0 Å². The van der Waals surface area contributed by atoms with Crippen molar-refractivity contribution in [2.45, 2.75) is 91.1 Å². The molecule has 0 aliphatic carbocycles. The van der Waals surface area contributed by atoms with Gasteiger partial charge < -0.3 is 0 Å². The predicted molar refractivity (Wildman–Crippen MR) is 184 cm³/mol. The fourth-order valence-electron chi connectivity index (χ4n) is 7.68. The van der Waals surface area contributed by atoms with Gasteiger partial charge in [-0.2, -0.15) is 9.13 Å². The van der Waals surface area contributed by atoms with Gasteiger partial charge in [-0.3, -0.25) is 0 Å². The van der Waals surface area contributed by atoms with Gasteiger partial charge in [-0.1, -0.05) is 87.9 Å². The standard InChI is InChI=1S/C42H48N2/c1-6-9-18-33-23-24-38-39(28-33)35(29-42(7-2,8-3)44-27-16-15-22-41(38)44)30-43-32(5)37(34-19-11-10-12-20-34)25-26-40(43)36-21-14-13-17-31(36)4/h10-17,19-28,35H,6-9,18,29-30H2,1-5H3/q+2. The summed E-state index contributed by atoms with van der Waals surface area (Å²) in [5, 5.41) is 0. The molecule has 0 saturated carbocycles. The summed E-state index contributed by atoms with van der Waals surface area (Å²) in [7, 11) is 0. The molecule has 0 amide bonds. The molecule has 2 nitrogen and oxygen atoms in total. The zero-order valence-corrected chi connectivity index (χ0v) is 27.3. The lowest BCUT2D eigenvalue weighted by Crippen LogP contribution is -2.57. The summed E-state index contributed by atoms with van der Waals surface area (Å²) < 4.78 is 5.27. The first-order valence-electron chi connectivity index (χ1n) is 16.8. The Balaban J connectivity index is 1.58. The van der Waals surface area contributed by atoms with Crippen LogP contribution in [0.4, 0.5) is 0 Å². The molecule has 224 valence electrons. The van der Waals surface area contributed by atoms with Crippen molar-refractivity contribution < 1.29 is 9.13 Å². The molecule has 1 atom stereocenters. The fourth-order valence-corrected chi connectivity index (χ4v) is 7.68. The van der Waals surface area contributed by atoms with Gasteiger partial charge in [-0.25, -0.2) is 0 Å². The maximum Gasteiger partial charge on any atom is 0.213 e. The molecule has 0 spiro atoms. The third-order valence-electron chi connectivity index (χ3n) is 10.4. The quantitative estimate of drug-likeness (QED) is 0.153. The molecule has 2 heteroatoms. The fraction of sp³-hybridized carbons (Fsp3) is 0.333. The van der Waals surface area contributed by atoms with E-state index in [2.05, 4.69) is 153 Å². The van der Waals surface area contributed by atoms with Gasteiger partial charge in [-0.15, -0.1) is 0 Å². The van der Waals surface area contributed by atoms with Crippen molar-refractivity contribution in [2.75, 3.05) is 0 Å². The van der Waals surface area contributed by atoms with E-state index in [0.29, 0.717) is 5.92 Å². The Morgan fingerprint density at radius 3 is 2.18 bits per heavy atom. The smallest absolute Gasteiger partial charge is 0.195 e. The topological polar surface area (TPSA) is 7.76 Å². The SMILES string of the molecule is CCCCc1ccc2c(c1)C(C[n+]1c(-c3ccccc3C)ccc(-c3ccccc3)c1C)CC(CC)(CC)[n+]1ccccc1-2. The van der Waals surface area contributed by atoms with Gasteiger partial charge in [-0.05, 0) is 66.3 Å². The minimum atomic E-state index is 0.0538. The van der Waals surface area contributed by atoms with Crippen molar-refractivity contribution in [1.82, 2.24) is 0 Å². The molecule has 1 aliphatic rings. The van der Waals surface area contributed by atoms with Crippen LogP contribution in [0.25, 0.3) is 33.6 Å². The third kappa shape index (κ3) is 5.52. The van der Waals surface area contributed by atoms with Gasteiger partial charge in [0.05, 0.1) is 5.92 Å². The Labute approximate surface area is 265 Å². The highest BCUT2D eigenvalue weighted by molar-refractivity contribution is 5.68. The second kappa shape index (κ2) is 12.9. The van der Waals surface area contributed by atoms with E-state index in [0.717, 1.165) is 32.2 Å². The van der Waals surface area contributed by atoms with Gasteiger partial charge in [0.2, 0.25) is 11.4 Å². The van der Waals surface area contributed by atoms with Crippen molar-refractivity contribution >= 4 is 0 Å². The summed E-state index contributed by atoms with van der Waals surface area (Å²) >= 11 is 0. The predicted octanol–water partition coefficient (Wildman–Crippen LogP) is 9.92. The normalized spacial score (nSPS) is 15.3. The lowest BCUT2D eigenvalue weighted by atomic mass is 9.79. The van der Waals surface area contributed by atoms with Crippen molar-refractivity contribution in [3.05, 3.63) is 132 Å². The molecule has 0 radical (unpaired) electrons. The Morgan fingerprint density at radius 2 is 1.43 bits per heavy atom. The first-order valence-corrected chi connectivity index (χ1v) is 16.8. The molecule has 6 rings (SSSR count). The van der Waals surface area contributed by atoms with Gasteiger partial charge >= 0.3 is 0 Å². The van der Waals surface area contributed by atoms with E-state index in [4.69, 9.17) is 0 Å². The van der Waals surface area contributed by atoms with E-state index in [1.165, 1.54) is 68.9 Å². The number of pyridine rings is 2. The number of nitrogens with zero attached hydrogens (tertiary/aromatic N) is 2. The molecule has 44 heavy (non-hydrogen) atoms. The summed E-state index contributed by atoms with van der Waals surface area (Å²) in [5.74, 6) is 0.365. The monoisotopic (exact) mass is 580 g/mol. The zero-order chi connectivity index (χ0) is 30.7. The van der Waals surface area contributed by atoms with Crippen molar-refractivity contribution in [3.8, 4) is 33.6 Å². The first-order chi connectivity index (χ1) is 21.5. The average molecular weight is 581 g/mol. The number of benzene rings is 3. The molecule has 2 aromatic heterocycles. The maximum absolute atomic E-state index is 2.65. The Hall–Kier alpha value is -4.04. The van der Waals surface area contributed by atoms with Crippen LogP contribution in [0, 0.1) is 13.8 Å². The zero-order valence-electron chi connectivity index (χ0n) is 27.3. The number of rotatable bonds is 9. The van der Waals surface area contributed by atoms with Crippen LogP contribution >= 0.6 is 0 Å². The summed E-state index contributed by atoms with van der Waals surface area (Å²) in [6.07, 6.45) is 9.26. The largest absolute Gasteiger partial charge is 0.213 e. The van der Waals surface area contributed by atoms with Crippen LogP contribution in [0.1, 0.15) is 81.2 Å². The highest BCUT2D eigenvalue weighted by Crippen LogP contribution is 2.42. The molecule has 3 heterocycles. The van der Waals surface area contributed by atoms with Crippen LogP contribution in [0.15, 0.2) is 109 Å². The summed E-state index contributed by atoms with van der Waals surface area (Å²) in [6, 6.07) is 38.6. The van der Waals surface area contributed by atoms with E-state index in [-0.39, 0.29) is 5.54 Å². The average Bonchev–Trinajstić information content (AvgIpc) is 3.18. The molecule has 1 unspecified atom stereocenters. The number of aromatic nitrogens is 2. The van der Waals surface area contributed by atoms with Crippen LogP contribution < -0.4 is 9.13 Å². The Bertz CT molecular complexity index is 1750. The van der Waals surface area contributed by atoms with Crippen LogP contribution in [-0.4, -0.2) is 0 Å². The molecule has 5 aromatic rings. The van der Waals surface area contributed by atoms with Gasteiger partial charge in [0.1, 0.15) is 0 Å². The number of aryl methyl sites for hydroxylation is 2. The summed E-state index contributed by atoms with van der Waals surface area (Å²) in [4.78, 5) is 0. The maximum atomic E-state index is 2.65. The minimum absolute atomic E-state index is 0.0538. The van der Waals surface area contributed by atoms with Crippen molar-refractivity contribution in [2.24, 2.45) is 0 Å². The number of hydrogen-bond donors (Lipinski definition) is 0. The molecular formula is C42H48N2+2. The van der Waals surface area contributed by atoms with Gasteiger partial charge in [0, 0.05) is 61.1 Å². The van der Waals surface area contributed by atoms with Crippen molar-refractivity contribution in [1.29, 1.82) is 0 Å². The van der Waals surface area contributed by atoms with Crippen LogP contribution in [0.5, 0.6) is 0 Å². The highest BCUT2D eigenvalue weighted by Gasteiger charge is 2.46. The van der Waals surface area contributed by atoms with Crippen LogP contribution in [-0.2, 0) is 18.5 Å². The molecule has 0 fully saturated rings. The van der Waals surface area contributed by atoms with Crippen LogP contribution in [0.2, 0.25) is 0 Å². The number of fused-ring (bicyclic) bond motifs is 3. The summed E-state index contributed by atoms with van der Waals surface area (Å²) in [6.45, 7) is 12.6.